The van der Waals surface area contributed by atoms with Gasteiger partial charge in [0.1, 0.15) is 5.52 Å². The molecule has 2 aromatic rings. The summed E-state index contributed by atoms with van der Waals surface area (Å²) in [6, 6.07) is 4.01. The van der Waals surface area contributed by atoms with Crippen LogP contribution in [0.4, 0.5) is 0 Å². The Morgan fingerprint density at radius 3 is 2.45 bits per heavy atom. The predicted octanol–water partition coefficient (Wildman–Crippen LogP) is 5.55. The summed E-state index contributed by atoms with van der Waals surface area (Å²) in [5.41, 5.74) is 3.44. The quantitative estimate of drug-likeness (QED) is 0.647. The summed E-state index contributed by atoms with van der Waals surface area (Å²) in [6.45, 7) is 16.0. The van der Waals surface area contributed by atoms with Gasteiger partial charge in [0, 0.05) is 42.8 Å². The monoisotopic (exact) mass is 453 g/mol. The molecule has 33 heavy (non-hydrogen) atoms. The van der Waals surface area contributed by atoms with Crippen molar-refractivity contribution in [1.29, 1.82) is 0 Å². The highest BCUT2D eigenvalue weighted by Crippen LogP contribution is 2.43. The molecular formula is C27H39N3O3. The first-order valence-electron chi connectivity index (χ1n) is 12.3. The summed E-state index contributed by atoms with van der Waals surface area (Å²) in [4.78, 5) is 32.2. The molecule has 6 nitrogen and oxygen atoms in total. The molecule has 2 amide bonds. The Bertz CT molecular complexity index is 1060. The molecule has 2 aromatic heterocycles. The van der Waals surface area contributed by atoms with E-state index in [1.165, 1.54) is 12.8 Å². The number of carbonyl (C=O) groups excluding carboxylic acids is 2. The fourth-order valence-electron chi connectivity index (χ4n) is 5.13. The highest BCUT2D eigenvalue weighted by atomic mass is 16.3. The van der Waals surface area contributed by atoms with E-state index in [-0.39, 0.29) is 17.2 Å². The van der Waals surface area contributed by atoms with E-state index in [0.29, 0.717) is 42.2 Å². The van der Waals surface area contributed by atoms with Gasteiger partial charge in [-0.2, -0.15) is 0 Å². The van der Waals surface area contributed by atoms with Crippen molar-refractivity contribution in [3.05, 3.63) is 29.2 Å². The van der Waals surface area contributed by atoms with E-state index < -0.39 is 5.54 Å². The minimum absolute atomic E-state index is 0.0278. The smallest absolute Gasteiger partial charge is 0.290 e. The standard InChI is InChI=1S/C27H39N3O3/c1-25(2,3)18-14-19(17-8-11-26(4,5)12-9-17)29-20-15-21(33-23(18)20)24(32)30-13-10-22(31)28-16-27(30,6)7/h14-15,17H,8-13,16H2,1-7H3,(H,28,31). The van der Waals surface area contributed by atoms with Gasteiger partial charge in [-0.3, -0.25) is 9.59 Å². The second-order valence-corrected chi connectivity index (χ2v) is 12.4. The number of aromatic nitrogens is 1. The molecule has 3 heterocycles. The third kappa shape index (κ3) is 4.80. The van der Waals surface area contributed by atoms with Gasteiger partial charge in [0.2, 0.25) is 5.91 Å². The van der Waals surface area contributed by atoms with Crippen molar-refractivity contribution in [1.82, 2.24) is 15.2 Å². The van der Waals surface area contributed by atoms with Gasteiger partial charge in [0.15, 0.2) is 11.3 Å². The molecular weight excluding hydrogens is 414 g/mol. The zero-order chi connectivity index (χ0) is 24.2. The molecule has 0 radical (unpaired) electrons. The molecule has 0 atom stereocenters. The summed E-state index contributed by atoms with van der Waals surface area (Å²) < 4.78 is 6.22. The Kier molecular flexibility index (Phi) is 5.86. The average Bonchev–Trinajstić information content (AvgIpc) is 3.09. The Balaban J connectivity index is 1.73. The Morgan fingerprint density at radius 1 is 1.15 bits per heavy atom. The second-order valence-electron chi connectivity index (χ2n) is 12.4. The average molecular weight is 454 g/mol. The van der Waals surface area contributed by atoms with E-state index >= 15 is 0 Å². The van der Waals surface area contributed by atoms with Crippen molar-refractivity contribution in [3.8, 4) is 0 Å². The molecule has 0 bridgehead atoms. The van der Waals surface area contributed by atoms with Crippen LogP contribution >= 0.6 is 0 Å². The second kappa shape index (κ2) is 8.14. The number of furan rings is 1. The number of carbonyl (C=O) groups is 2. The van der Waals surface area contributed by atoms with Gasteiger partial charge in [0.25, 0.3) is 5.91 Å². The van der Waals surface area contributed by atoms with E-state index in [1.807, 2.05) is 13.8 Å². The van der Waals surface area contributed by atoms with Crippen molar-refractivity contribution >= 4 is 22.9 Å². The third-order valence-corrected chi connectivity index (χ3v) is 7.53. The molecule has 0 spiro atoms. The number of amides is 2. The summed E-state index contributed by atoms with van der Waals surface area (Å²) in [5, 5.41) is 2.90. The zero-order valence-corrected chi connectivity index (χ0v) is 21.3. The highest BCUT2D eigenvalue weighted by molar-refractivity contribution is 5.97. The fraction of sp³-hybridized carbons (Fsp3) is 0.667. The normalized spacial score (nSPS) is 21.7. The number of hydrogen-bond donors (Lipinski definition) is 1. The number of rotatable bonds is 2. The molecule has 1 saturated heterocycles. The molecule has 2 aliphatic rings. The van der Waals surface area contributed by atoms with E-state index in [9.17, 15) is 9.59 Å². The molecule has 6 heteroatoms. The molecule has 4 rings (SSSR count). The number of pyridine rings is 1. The molecule has 1 saturated carbocycles. The third-order valence-electron chi connectivity index (χ3n) is 7.53. The van der Waals surface area contributed by atoms with Crippen molar-refractivity contribution in [2.75, 3.05) is 13.1 Å². The summed E-state index contributed by atoms with van der Waals surface area (Å²) in [7, 11) is 0. The zero-order valence-electron chi connectivity index (χ0n) is 21.3. The van der Waals surface area contributed by atoms with Gasteiger partial charge in [-0.1, -0.05) is 34.6 Å². The van der Waals surface area contributed by atoms with Crippen molar-refractivity contribution < 1.29 is 14.0 Å². The van der Waals surface area contributed by atoms with Crippen LogP contribution < -0.4 is 5.32 Å². The van der Waals surface area contributed by atoms with Gasteiger partial charge < -0.3 is 14.6 Å². The SMILES string of the molecule is CC1(C)CCC(c2cc(C(C)(C)C)c3oc(C(=O)N4CCC(=O)NCC4(C)C)cc3n2)CC1. The molecule has 2 fully saturated rings. The Labute approximate surface area is 197 Å². The first-order valence-corrected chi connectivity index (χ1v) is 12.3. The molecule has 1 aliphatic heterocycles. The lowest BCUT2D eigenvalue weighted by Gasteiger charge is -2.35. The van der Waals surface area contributed by atoms with Crippen LogP contribution in [0.3, 0.4) is 0 Å². The van der Waals surface area contributed by atoms with Crippen molar-refractivity contribution in [3.63, 3.8) is 0 Å². The van der Waals surface area contributed by atoms with E-state index in [1.54, 1.807) is 11.0 Å². The summed E-state index contributed by atoms with van der Waals surface area (Å²) in [5.74, 6) is 0.529. The molecule has 180 valence electrons. The fourth-order valence-corrected chi connectivity index (χ4v) is 5.13. The Hall–Kier alpha value is -2.37. The number of hydrogen-bond acceptors (Lipinski definition) is 4. The van der Waals surface area contributed by atoms with Gasteiger partial charge in [-0.25, -0.2) is 4.98 Å². The van der Waals surface area contributed by atoms with Crippen LogP contribution in [-0.2, 0) is 10.2 Å². The van der Waals surface area contributed by atoms with Crippen LogP contribution in [-0.4, -0.2) is 40.3 Å². The van der Waals surface area contributed by atoms with Crippen LogP contribution in [0.2, 0.25) is 0 Å². The van der Waals surface area contributed by atoms with Gasteiger partial charge in [-0.15, -0.1) is 0 Å². The lowest BCUT2D eigenvalue weighted by Crippen LogP contribution is -2.51. The lowest BCUT2D eigenvalue weighted by atomic mass is 9.72. The van der Waals surface area contributed by atoms with E-state index in [0.717, 1.165) is 29.6 Å². The molecule has 1 aliphatic carbocycles. The maximum absolute atomic E-state index is 13.5. The van der Waals surface area contributed by atoms with Crippen LogP contribution in [0.15, 0.2) is 16.5 Å². The van der Waals surface area contributed by atoms with E-state index in [2.05, 4.69) is 46.0 Å². The predicted molar refractivity (Wildman–Crippen MR) is 130 cm³/mol. The minimum Gasteiger partial charge on any atom is -0.449 e. The summed E-state index contributed by atoms with van der Waals surface area (Å²) >= 11 is 0. The largest absolute Gasteiger partial charge is 0.449 e. The lowest BCUT2D eigenvalue weighted by molar-refractivity contribution is -0.120. The summed E-state index contributed by atoms with van der Waals surface area (Å²) in [6.07, 6.45) is 4.98. The van der Waals surface area contributed by atoms with Crippen molar-refractivity contribution in [2.24, 2.45) is 5.41 Å². The first-order chi connectivity index (χ1) is 15.3. The Morgan fingerprint density at radius 2 is 1.82 bits per heavy atom. The van der Waals surface area contributed by atoms with Gasteiger partial charge >= 0.3 is 0 Å². The molecule has 0 unspecified atom stereocenters. The highest BCUT2D eigenvalue weighted by Gasteiger charge is 2.37. The maximum Gasteiger partial charge on any atom is 0.290 e. The first kappa shape index (κ1) is 23.8. The minimum atomic E-state index is -0.497. The van der Waals surface area contributed by atoms with Crippen LogP contribution in [0, 0.1) is 5.41 Å². The van der Waals surface area contributed by atoms with Gasteiger partial charge in [-0.05, 0) is 56.4 Å². The molecule has 0 aromatic carbocycles. The topological polar surface area (TPSA) is 75.4 Å². The number of nitrogens with one attached hydrogen (secondary N) is 1. The van der Waals surface area contributed by atoms with Crippen molar-refractivity contribution in [2.45, 2.75) is 97.4 Å². The van der Waals surface area contributed by atoms with Crippen LogP contribution in [0.1, 0.15) is 108 Å². The van der Waals surface area contributed by atoms with Crippen LogP contribution in [0.25, 0.3) is 11.1 Å². The van der Waals surface area contributed by atoms with Gasteiger partial charge in [0.05, 0.1) is 5.54 Å². The number of nitrogens with zero attached hydrogens (tertiary/aromatic N) is 2. The number of fused-ring (bicyclic) bond motifs is 1. The van der Waals surface area contributed by atoms with Crippen LogP contribution in [0.5, 0.6) is 0 Å². The van der Waals surface area contributed by atoms with E-state index in [4.69, 9.17) is 9.40 Å². The molecule has 1 N–H and O–H groups in total. The maximum atomic E-state index is 13.5.